The number of rotatable bonds is 7. The van der Waals surface area contributed by atoms with Crippen LogP contribution in [0.15, 0.2) is 52.9 Å². The first-order valence-corrected chi connectivity index (χ1v) is 9.19. The Hall–Kier alpha value is -2.99. The van der Waals surface area contributed by atoms with Gasteiger partial charge in [-0.2, -0.15) is 0 Å². The molecule has 0 saturated carbocycles. The number of hydrogen-bond donors (Lipinski definition) is 0. The van der Waals surface area contributed by atoms with Crippen molar-refractivity contribution in [2.45, 2.75) is 32.8 Å². The smallest absolute Gasteiger partial charge is 0.307 e. The van der Waals surface area contributed by atoms with Crippen LogP contribution in [0.3, 0.4) is 0 Å². The van der Waals surface area contributed by atoms with E-state index in [1.54, 1.807) is 31.2 Å². The fourth-order valence-corrected chi connectivity index (χ4v) is 2.72. The Morgan fingerprint density at radius 3 is 2.57 bits per heavy atom. The van der Waals surface area contributed by atoms with Gasteiger partial charge in [0.25, 0.3) is 5.89 Å². The van der Waals surface area contributed by atoms with Crippen LogP contribution in [0.4, 0.5) is 0 Å². The third-order valence-electron chi connectivity index (χ3n) is 4.08. The molecule has 3 aromatic rings. The van der Waals surface area contributed by atoms with Crippen molar-refractivity contribution < 1.29 is 18.7 Å². The van der Waals surface area contributed by atoms with Gasteiger partial charge in [0.1, 0.15) is 0 Å². The molecular formula is C21H19ClN2O4. The molecule has 0 spiro atoms. The van der Waals surface area contributed by atoms with E-state index in [9.17, 15) is 9.59 Å². The second-order valence-corrected chi connectivity index (χ2v) is 6.81. The Morgan fingerprint density at radius 2 is 1.86 bits per heavy atom. The van der Waals surface area contributed by atoms with Gasteiger partial charge in [-0.1, -0.05) is 29.3 Å². The molecule has 0 aliphatic rings. The van der Waals surface area contributed by atoms with E-state index in [2.05, 4.69) is 10.2 Å². The largest absolute Gasteiger partial charge is 0.453 e. The van der Waals surface area contributed by atoms with Crippen molar-refractivity contribution >= 4 is 23.4 Å². The molecule has 3 rings (SSSR count). The molecule has 1 atom stereocenters. The topological polar surface area (TPSA) is 82.3 Å². The number of ketones is 1. The first-order valence-electron chi connectivity index (χ1n) is 8.81. The van der Waals surface area contributed by atoms with Crippen LogP contribution >= 0.6 is 11.6 Å². The molecule has 0 saturated heterocycles. The zero-order valence-electron chi connectivity index (χ0n) is 15.5. The number of aryl methyl sites for hydroxylation is 1. The minimum Gasteiger partial charge on any atom is -0.453 e. The van der Waals surface area contributed by atoms with E-state index < -0.39 is 12.1 Å². The normalized spacial score (nSPS) is 11.8. The third kappa shape index (κ3) is 5.04. The monoisotopic (exact) mass is 398 g/mol. The number of hydrogen-bond acceptors (Lipinski definition) is 6. The van der Waals surface area contributed by atoms with Gasteiger partial charge in [-0.15, -0.1) is 10.2 Å². The Kier molecular flexibility index (Phi) is 6.21. The lowest BCUT2D eigenvalue weighted by Gasteiger charge is -2.09. The van der Waals surface area contributed by atoms with E-state index in [4.69, 9.17) is 20.8 Å². The summed E-state index contributed by atoms with van der Waals surface area (Å²) in [7, 11) is 0. The summed E-state index contributed by atoms with van der Waals surface area (Å²) < 4.78 is 10.9. The third-order valence-corrected chi connectivity index (χ3v) is 4.34. The molecule has 2 aromatic carbocycles. The highest BCUT2D eigenvalue weighted by molar-refractivity contribution is 6.30. The van der Waals surface area contributed by atoms with Crippen LogP contribution in [-0.4, -0.2) is 21.9 Å². The molecule has 0 N–H and O–H groups in total. The molecule has 0 radical (unpaired) electrons. The van der Waals surface area contributed by atoms with Gasteiger partial charge in [-0.3, -0.25) is 9.59 Å². The fraction of sp³-hybridized carbons (Fsp3) is 0.238. The fourth-order valence-electron chi connectivity index (χ4n) is 2.60. The molecule has 6 nitrogen and oxygen atoms in total. The van der Waals surface area contributed by atoms with Crippen LogP contribution in [0, 0.1) is 6.92 Å². The molecule has 0 aliphatic heterocycles. The van der Waals surface area contributed by atoms with E-state index in [0.29, 0.717) is 16.5 Å². The molecule has 0 amide bonds. The summed E-state index contributed by atoms with van der Waals surface area (Å²) in [5, 5.41) is 8.51. The molecule has 0 aliphatic carbocycles. The highest BCUT2D eigenvalue weighted by Gasteiger charge is 2.20. The summed E-state index contributed by atoms with van der Waals surface area (Å²) in [5.74, 6) is -0.0979. The van der Waals surface area contributed by atoms with Crippen molar-refractivity contribution in [1.29, 1.82) is 0 Å². The van der Waals surface area contributed by atoms with Crippen LogP contribution in [0.1, 0.15) is 47.7 Å². The lowest BCUT2D eigenvalue weighted by molar-refractivity contribution is -0.149. The molecule has 144 valence electrons. The highest BCUT2D eigenvalue weighted by Crippen LogP contribution is 2.23. The molecular weight excluding hydrogens is 380 g/mol. The lowest BCUT2D eigenvalue weighted by atomic mass is 10.1. The lowest BCUT2D eigenvalue weighted by Crippen LogP contribution is -2.11. The number of Topliss-reactive ketones (excluding diaryl/α,β-unsaturated/α-hetero) is 1. The Bertz CT molecular complexity index is 982. The van der Waals surface area contributed by atoms with Gasteiger partial charge in [0, 0.05) is 22.6 Å². The molecule has 0 fully saturated rings. The molecule has 28 heavy (non-hydrogen) atoms. The molecule has 0 unspecified atom stereocenters. The number of carbonyl (C=O) groups is 2. The van der Waals surface area contributed by atoms with Gasteiger partial charge in [-0.25, -0.2) is 0 Å². The zero-order chi connectivity index (χ0) is 20.1. The highest BCUT2D eigenvalue weighted by atomic mass is 35.5. The number of aromatic nitrogens is 2. The maximum atomic E-state index is 12.1. The molecule has 1 heterocycles. The van der Waals surface area contributed by atoms with Crippen molar-refractivity contribution in [3.05, 3.63) is 70.6 Å². The summed E-state index contributed by atoms with van der Waals surface area (Å²) in [6.07, 6.45) is -0.694. The van der Waals surface area contributed by atoms with Crippen LogP contribution in [0.25, 0.3) is 11.5 Å². The van der Waals surface area contributed by atoms with Crippen LogP contribution in [0.5, 0.6) is 0 Å². The van der Waals surface area contributed by atoms with Crippen molar-refractivity contribution in [2.75, 3.05) is 0 Å². The van der Waals surface area contributed by atoms with Crippen molar-refractivity contribution in [3.63, 3.8) is 0 Å². The van der Waals surface area contributed by atoms with E-state index >= 15 is 0 Å². The summed E-state index contributed by atoms with van der Waals surface area (Å²) in [4.78, 5) is 24.2. The number of ether oxygens (including phenoxy) is 1. The van der Waals surface area contributed by atoms with Crippen LogP contribution < -0.4 is 0 Å². The molecule has 1 aromatic heterocycles. The maximum Gasteiger partial charge on any atom is 0.307 e. The van der Waals surface area contributed by atoms with Gasteiger partial charge in [0.05, 0.1) is 6.42 Å². The number of carbonyl (C=O) groups excluding carboxylic acids is 2. The Balaban J connectivity index is 1.54. The van der Waals surface area contributed by atoms with Crippen LogP contribution in [0.2, 0.25) is 5.02 Å². The summed E-state index contributed by atoms with van der Waals surface area (Å²) in [5.41, 5.74) is 2.37. The minimum absolute atomic E-state index is 0.0370. The average molecular weight is 399 g/mol. The summed E-state index contributed by atoms with van der Waals surface area (Å²) in [6, 6.07) is 14.2. The average Bonchev–Trinajstić information content (AvgIpc) is 3.17. The van der Waals surface area contributed by atoms with Gasteiger partial charge in [0.15, 0.2) is 11.9 Å². The molecule has 7 heteroatoms. The summed E-state index contributed by atoms with van der Waals surface area (Å²) >= 11 is 5.80. The maximum absolute atomic E-state index is 12.1. The number of esters is 1. The van der Waals surface area contributed by atoms with E-state index in [-0.39, 0.29) is 24.5 Å². The predicted octanol–water partition coefficient (Wildman–Crippen LogP) is 4.97. The number of benzene rings is 2. The second-order valence-electron chi connectivity index (χ2n) is 6.38. The van der Waals surface area contributed by atoms with Gasteiger partial charge in [0.2, 0.25) is 5.89 Å². The quantitative estimate of drug-likeness (QED) is 0.413. The van der Waals surface area contributed by atoms with E-state index in [1.807, 2.05) is 31.2 Å². The van der Waals surface area contributed by atoms with E-state index in [0.717, 1.165) is 11.1 Å². The van der Waals surface area contributed by atoms with Gasteiger partial charge in [-0.05, 0) is 50.2 Å². The van der Waals surface area contributed by atoms with Crippen LogP contribution in [-0.2, 0) is 9.53 Å². The first kappa shape index (κ1) is 19.8. The summed E-state index contributed by atoms with van der Waals surface area (Å²) in [6.45, 7) is 3.61. The first-order chi connectivity index (χ1) is 13.4. The van der Waals surface area contributed by atoms with Gasteiger partial charge >= 0.3 is 5.97 Å². The standard InChI is InChI=1S/C21H19ClN2O4/c1-13-4-3-5-16(12-13)21-24-23-20(28-21)14(2)27-19(26)11-10-18(25)15-6-8-17(22)9-7-15/h3-9,12,14H,10-11H2,1-2H3/t14-/m0/s1. The second kappa shape index (κ2) is 8.80. The van der Waals surface area contributed by atoms with Crippen molar-refractivity contribution in [3.8, 4) is 11.5 Å². The Labute approximate surface area is 167 Å². The van der Waals surface area contributed by atoms with Crippen molar-refractivity contribution in [2.24, 2.45) is 0 Å². The predicted molar refractivity (Wildman–Crippen MR) is 104 cm³/mol. The Morgan fingerprint density at radius 1 is 1.11 bits per heavy atom. The molecule has 0 bridgehead atoms. The SMILES string of the molecule is Cc1cccc(-c2nnc([C@H](C)OC(=O)CCC(=O)c3ccc(Cl)cc3)o2)c1. The van der Waals surface area contributed by atoms with Crippen molar-refractivity contribution in [1.82, 2.24) is 10.2 Å². The minimum atomic E-state index is -0.704. The zero-order valence-corrected chi connectivity index (χ0v) is 16.3. The van der Waals surface area contributed by atoms with Gasteiger partial charge < -0.3 is 9.15 Å². The number of nitrogens with zero attached hydrogens (tertiary/aromatic N) is 2. The number of halogens is 1. The van der Waals surface area contributed by atoms with E-state index in [1.165, 1.54) is 0 Å².